The Balaban J connectivity index is 2.15. The van der Waals surface area contributed by atoms with Crippen molar-refractivity contribution in [1.29, 1.82) is 0 Å². The normalized spacial score (nSPS) is 18.7. The van der Waals surface area contributed by atoms with E-state index in [1.54, 1.807) is 6.92 Å². The molecule has 0 saturated carbocycles. The van der Waals surface area contributed by atoms with Gasteiger partial charge in [-0.3, -0.25) is 4.79 Å². The van der Waals surface area contributed by atoms with E-state index in [0.717, 1.165) is 12.0 Å². The van der Waals surface area contributed by atoms with Crippen LogP contribution in [0, 0.1) is 17.8 Å². The van der Waals surface area contributed by atoms with Crippen molar-refractivity contribution in [1.82, 2.24) is 4.90 Å². The summed E-state index contributed by atoms with van der Waals surface area (Å²) in [5, 5.41) is 0. The topological polar surface area (TPSA) is 46.6 Å². The van der Waals surface area contributed by atoms with Gasteiger partial charge in [-0.1, -0.05) is 44.2 Å². The molecule has 2 unspecified atom stereocenters. The molecule has 0 bridgehead atoms. The third kappa shape index (κ3) is 3.43. The molecule has 2 rings (SSSR count). The Hall–Kier alpha value is -2.28. The Labute approximate surface area is 125 Å². The maximum atomic E-state index is 12.5. The Morgan fingerprint density at radius 1 is 1.38 bits per heavy atom. The van der Waals surface area contributed by atoms with E-state index in [9.17, 15) is 9.59 Å². The molecular weight excluding hydrogens is 266 g/mol. The second-order valence-corrected chi connectivity index (χ2v) is 5.02. The van der Waals surface area contributed by atoms with Crippen LogP contribution in [0.1, 0.15) is 38.3 Å². The van der Waals surface area contributed by atoms with Crippen LogP contribution in [-0.4, -0.2) is 23.5 Å². The van der Waals surface area contributed by atoms with E-state index in [-0.39, 0.29) is 24.5 Å². The molecule has 0 N–H and O–H groups in total. The maximum Gasteiger partial charge on any atom is 0.417 e. The van der Waals surface area contributed by atoms with Crippen molar-refractivity contribution < 1.29 is 14.3 Å². The lowest BCUT2D eigenvalue weighted by Crippen LogP contribution is -2.37. The van der Waals surface area contributed by atoms with E-state index in [1.807, 2.05) is 37.3 Å². The first-order valence-electron chi connectivity index (χ1n) is 7.15. The van der Waals surface area contributed by atoms with Crippen LogP contribution in [0.2, 0.25) is 0 Å². The van der Waals surface area contributed by atoms with Gasteiger partial charge in [0.15, 0.2) is 0 Å². The number of hydrogen-bond donors (Lipinski definition) is 0. The van der Waals surface area contributed by atoms with Crippen LogP contribution >= 0.6 is 0 Å². The molecule has 1 saturated heterocycles. The average Bonchev–Trinajstić information content (AvgIpc) is 2.89. The summed E-state index contributed by atoms with van der Waals surface area (Å²) in [7, 11) is 0. The fourth-order valence-electron chi connectivity index (χ4n) is 2.26. The summed E-state index contributed by atoms with van der Waals surface area (Å²) in [6.45, 7) is 3.96. The molecule has 1 aliphatic heterocycles. The number of rotatable bonds is 3. The van der Waals surface area contributed by atoms with E-state index in [1.165, 1.54) is 4.90 Å². The summed E-state index contributed by atoms with van der Waals surface area (Å²) in [5.74, 6) is 5.36. The van der Waals surface area contributed by atoms with Crippen molar-refractivity contribution in [2.45, 2.75) is 32.7 Å². The average molecular weight is 285 g/mol. The Kier molecular flexibility index (Phi) is 4.99. The highest BCUT2D eigenvalue weighted by Crippen LogP contribution is 2.29. The lowest BCUT2D eigenvalue weighted by molar-refractivity contribution is -0.132. The quantitative estimate of drug-likeness (QED) is 0.801. The number of carbonyl (C=O) groups is 2. The number of amides is 2. The predicted molar refractivity (Wildman–Crippen MR) is 79.2 cm³/mol. The van der Waals surface area contributed by atoms with E-state index in [0.29, 0.717) is 6.42 Å². The van der Waals surface area contributed by atoms with Gasteiger partial charge in [0.05, 0.1) is 0 Å². The molecule has 1 aromatic carbocycles. The smallest absolute Gasteiger partial charge is 0.417 e. The molecule has 0 radical (unpaired) electrons. The van der Waals surface area contributed by atoms with Crippen LogP contribution in [0.3, 0.4) is 0 Å². The van der Waals surface area contributed by atoms with Crippen LogP contribution in [0.25, 0.3) is 0 Å². The summed E-state index contributed by atoms with van der Waals surface area (Å²) in [5.41, 5.74) is 0.906. The highest BCUT2D eigenvalue weighted by atomic mass is 16.6. The third-order valence-corrected chi connectivity index (χ3v) is 3.43. The molecule has 1 aromatic rings. The first kappa shape index (κ1) is 15.1. The SMILES string of the molecule is CCC#CCC(C)C(=O)N1C(=O)OCC1c1ccccc1. The summed E-state index contributed by atoms with van der Waals surface area (Å²) in [6, 6.07) is 9.13. The molecule has 2 atom stereocenters. The minimum atomic E-state index is -0.566. The van der Waals surface area contributed by atoms with Gasteiger partial charge in [0.2, 0.25) is 5.91 Å². The number of nitrogens with zero attached hydrogens (tertiary/aromatic N) is 1. The fourth-order valence-corrected chi connectivity index (χ4v) is 2.26. The Bertz CT molecular complexity index is 571. The summed E-state index contributed by atoms with van der Waals surface area (Å²) >= 11 is 0. The van der Waals surface area contributed by atoms with Crippen molar-refractivity contribution in [2.75, 3.05) is 6.61 Å². The molecule has 1 fully saturated rings. The Morgan fingerprint density at radius 3 is 2.76 bits per heavy atom. The van der Waals surface area contributed by atoms with Gasteiger partial charge in [-0.05, 0) is 5.56 Å². The van der Waals surface area contributed by atoms with Crippen molar-refractivity contribution in [3.63, 3.8) is 0 Å². The zero-order chi connectivity index (χ0) is 15.2. The second-order valence-electron chi connectivity index (χ2n) is 5.02. The lowest BCUT2D eigenvalue weighted by atomic mass is 10.0. The van der Waals surface area contributed by atoms with E-state index >= 15 is 0 Å². The molecule has 2 amide bonds. The highest BCUT2D eigenvalue weighted by Gasteiger charge is 2.40. The third-order valence-electron chi connectivity index (χ3n) is 3.43. The largest absolute Gasteiger partial charge is 0.446 e. The first-order chi connectivity index (χ1) is 10.1. The van der Waals surface area contributed by atoms with Gasteiger partial charge in [0, 0.05) is 18.8 Å². The van der Waals surface area contributed by atoms with Crippen LogP contribution in [0.15, 0.2) is 30.3 Å². The number of imide groups is 1. The summed E-state index contributed by atoms with van der Waals surface area (Å²) < 4.78 is 5.06. The monoisotopic (exact) mass is 285 g/mol. The first-order valence-corrected chi connectivity index (χ1v) is 7.15. The zero-order valence-electron chi connectivity index (χ0n) is 12.3. The van der Waals surface area contributed by atoms with Gasteiger partial charge in [0.25, 0.3) is 0 Å². The number of hydrogen-bond acceptors (Lipinski definition) is 3. The van der Waals surface area contributed by atoms with Gasteiger partial charge in [-0.2, -0.15) is 0 Å². The molecule has 21 heavy (non-hydrogen) atoms. The second kappa shape index (κ2) is 6.94. The maximum absolute atomic E-state index is 12.5. The summed E-state index contributed by atoms with van der Waals surface area (Å²) in [6.07, 6.45) is 0.654. The summed E-state index contributed by atoms with van der Waals surface area (Å²) in [4.78, 5) is 25.6. The highest BCUT2D eigenvalue weighted by molar-refractivity contribution is 5.94. The predicted octanol–water partition coefficient (Wildman–Crippen LogP) is 3.15. The zero-order valence-corrected chi connectivity index (χ0v) is 12.3. The number of cyclic esters (lactones) is 1. The number of carbonyl (C=O) groups excluding carboxylic acids is 2. The van der Waals surface area contributed by atoms with Crippen LogP contribution < -0.4 is 0 Å². The van der Waals surface area contributed by atoms with Gasteiger partial charge >= 0.3 is 6.09 Å². The van der Waals surface area contributed by atoms with Crippen LogP contribution in [0.4, 0.5) is 4.79 Å². The van der Waals surface area contributed by atoms with Crippen molar-refractivity contribution in [3.8, 4) is 11.8 Å². The molecule has 110 valence electrons. The minimum absolute atomic E-state index is 0.210. The molecule has 0 aliphatic carbocycles. The van der Waals surface area contributed by atoms with Crippen LogP contribution in [-0.2, 0) is 9.53 Å². The van der Waals surface area contributed by atoms with Crippen molar-refractivity contribution in [3.05, 3.63) is 35.9 Å². The minimum Gasteiger partial charge on any atom is -0.446 e. The van der Waals surface area contributed by atoms with Gasteiger partial charge in [0.1, 0.15) is 12.6 Å². The van der Waals surface area contributed by atoms with E-state index in [2.05, 4.69) is 11.8 Å². The van der Waals surface area contributed by atoms with E-state index in [4.69, 9.17) is 4.74 Å². The van der Waals surface area contributed by atoms with Gasteiger partial charge in [-0.15, -0.1) is 11.8 Å². The molecule has 1 heterocycles. The van der Waals surface area contributed by atoms with Gasteiger partial charge in [-0.25, -0.2) is 9.69 Å². The Morgan fingerprint density at radius 2 is 2.10 bits per heavy atom. The molecular formula is C17H19NO3. The molecule has 1 aliphatic rings. The lowest BCUT2D eigenvalue weighted by Gasteiger charge is -2.22. The molecule has 0 spiro atoms. The van der Waals surface area contributed by atoms with E-state index < -0.39 is 6.09 Å². The standard InChI is InChI=1S/C17H19NO3/c1-3-4-6-9-13(2)16(19)18-15(12-21-17(18)20)14-10-7-5-8-11-14/h5,7-8,10-11,13,15H,3,9,12H2,1-2H3. The number of ether oxygens (including phenoxy) is 1. The fraction of sp³-hybridized carbons (Fsp3) is 0.412. The van der Waals surface area contributed by atoms with Crippen LogP contribution in [0.5, 0.6) is 0 Å². The van der Waals surface area contributed by atoms with Crippen molar-refractivity contribution >= 4 is 12.0 Å². The molecule has 4 heteroatoms. The molecule has 0 aromatic heterocycles. The van der Waals surface area contributed by atoms with Gasteiger partial charge < -0.3 is 4.74 Å². The number of benzene rings is 1. The van der Waals surface area contributed by atoms with Crippen molar-refractivity contribution in [2.24, 2.45) is 5.92 Å². The molecule has 4 nitrogen and oxygen atoms in total.